The van der Waals surface area contributed by atoms with Crippen LogP contribution in [0.15, 0.2) is 59.3 Å². The van der Waals surface area contributed by atoms with Crippen LogP contribution in [0.1, 0.15) is 53.8 Å². The summed E-state index contributed by atoms with van der Waals surface area (Å²) in [6.45, 7) is 4.69. The molecule has 0 spiro atoms. The summed E-state index contributed by atoms with van der Waals surface area (Å²) in [4.78, 5) is 53.6. The molecule has 2 heterocycles. The van der Waals surface area contributed by atoms with Gasteiger partial charge in [-0.2, -0.15) is 0 Å². The standard InChI is InChI=1S/C26H26ClN3O5/c1-3-35-26(34)18-8-6-9-20(15-18)30-24(32)21(27)22(25(30)33)28-19-12-10-17(11-13-19)23(31)29-14-5-4-7-16(29)2/h6,8-13,15-16,28H,3-5,7,14H2,1-2H3. The van der Waals surface area contributed by atoms with E-state index < -0.39 is 17.8 Å². The van der Waals surface area contributed by atoms with Crippen molar-refractivity contribution in [1.82, 2.24) is 4.90 Å². The molecule has 35 heavy (non-hydrogen) atoms. The van der Waals surface area contributed by atoms with Crippen LogP contribution < -0.4 is 10.2 Å². The molecule has 2 aromatic rings. The fraction of sp³-hybridized carbons (Fsp3) is 0.308. The van der Waals surface area contributed by atoms with Crippen molar-refractivity contribution >= 4 is 46.7 Å². The highest BCUT2D eigenvalue weighted by Crippen LogP contribution is 2.31. The fourth-order valence-electron chi connectivity index (χ4n) is 4.24. The summed E-state index contributed by atoms with van der Waals surface area (Å²) >= 11 is 6.22. The quantitative estimate of drug-likeness (QED) is 0.474. The van der Waals surface area contributed by atoms with Crippen molar-refractivity contribution in [3.8, 4) is 0 Å². The van der Waals surface area contributed by atoms with Gasteiger partial charge in [0.25, 0.3) is 17.7 Å². The average Bonchev–Trinajstić information content (AvgIpc) is 3.07. The highest BCUT2D eigenvalue weighted by atomic mass is 35.5. The number of halogens is 1. The smallest absolute Gasteiger partial charge is 0.338 e. The van der Waals surface area contributed by atoms with E-state index in [0.29, 0.717) is 11.3 Å². The maximum Gasteiger partial charge on any atom is 0.338 e. The monoisotopic (exact) mass is 495 g/mol. The van der Waals surface area contributed by atoms with Gasteiger partial charge in [-0.15, -0.1) is 0 Å². The third kappa shape index (κ3) is 4.93. The zero-order chi connectivity index (χ0) is 25.1. The lowest BCUT2D eigenvalue weighted by Gasteiger charge is -2.33. The van der Waals surface area contributed by atoms with Crippen LogP contribution in [0.4, 0.5) is 11.4 Å². The molecule has 2 aromatic carbocycles. The predicted molar refractivity (Wildman–Crippen MR) is 132 cm³/mol. The highest BCUT2D eigenvalue weighted by molar-refractivity contribution is 6.53. The predicted octanol–water partition coefficient (Wildman–Crippen LogP) is 4.31. The molecule has 9 heteroatoms. The normalized spacial score (nSPS) is 18.2. The lowest BCUT2D eigenvalue weighted by atomic mass is 10.0. The fourth-order valence-corrected chi connectivity index (χ4v) is 4.45. The highest BCUT2D eigenvalue weighted by Gasteiger charge is 2.39. The molecule has 0 bridgehead atoms. The van der Waals surface area contributed by atoms with E-state index in [1.54, 1.807) is 37.3 Å². The Morgan fingerprint density at radius 2 is 1.80 bits per heavy atom. The number of likely N-dealkylation sites (tertiary alicyclic amines) is 1. The largest absolute Gasteiger partial charge is 0.462 e. The number of hydrogen-bond acceptors (Lipinski definition) is 6. The number of nitrogens with one attached hydrogen (secondary N) is 1. The van der Waals surface area contributed by atoms with E-state index in [-0.39, 0.29) is 40.5 Å². The Hall–Kier alpha value is -3.65. The average molecular weight is 496 g/mol. The zero-order valence-electron chi connectivity index (χ0n) is 19.5. The number of amides is 3. The molecule has 1 atom stereocenters. The van der Waals surface area contributed by atoms with Crippen LogP contribution in [0.5, 0.6) is 0 Å². The molecule has 8 nitrogen and oxygen atoms in total. The van der Waals surface area contributed by atoms with Crippen molar-refractivity contribution in [3.05, 3.63) is 70.4 Å². The van der Waals surface area contributed by atoms with Gasteiger partial charge in [0, 0.05) is 23.8 Å². The van der Waals surface area contributed by atoms with E-state index in [0.717, 1.165) is 30.7 Å². The first-order valence-electron chi connectivity index (χ1n) is 11.6. The molecule has 0 saturated carbocycles. The van der Waals surface area contributed by atoms with Gasteiger partial charge in [0.1, 0.15) is 10.7 Å². The van der Waals surface area contributed by atoms with Gasteiger partial charge in [0.15, 0.2) is 0 Å². The Kier molecular flexibility index (Phi) is 7.21. The Bertz CT molecular complexity index is 1210. The third-order valence-electron chi connectivity index (χ3n) is 6.11. The molecule has 4 rings (SSSR count). The van der Waals surface area contributed by atoms with Crippen LogP contribution in [-0.2, 0) is 14.3 Å². The molecule has 0 aromatic heterocycles. The van der Waals surface area contributed by atoms with Crippen LogP contribution in [0, 0.1) is 0 Å². The number of ether oxygens (including phenoxy) is 1. The van der Waals surface area contributed by atoms with Gasteiger partial charge in [-0.25, -0.2) is 9.69 Å². The molecule has 2 aliphatic rings. The molecule has 1 N–H and O–H groups in total. The van der Waals surface area contributed by atoms with Gasteiger partial charge in [-0.1, -0.05) is 17.7 Å². The molecule has 1 fully saturated rings. The molecule has 182 valence electrons. The van der Waals surface area contributed by atoms with Gasteiger partial charge in [-0.3, -0.25) is 14.4 Å². The lowest BCUT2D eigenvalue weighted by Crippen LogP contribution is -2.42. The molecule has 3 amide bonds. The van der Waals surface area contributed by atoms with Crippen molar-refractivity contribution in [2.45, 2.75) is 39.2 Å². The van der Waals surface area contributed by atoms with Crippen LogP contribution >= 0.6 is 11.6 Å². The van der Waals surface area contributed by atoms with Crippen LogP contribution in [-0.4, -0.2) is 47.8 Å². The first-order valence-corrected chi connectivity index (χ1v) is 11.9. The Balaban J connectivity index is 1.50. The second-order valence-electron chi connectivity index (χ2n) is 8.45. The molecule has 0 aliphatic carbocycles. The number of carbonyl (C=O) groups excluding carboxylic acids is 4. The second-order valence-corrected chi connectivity index (χ2v) is 8.83. The third-order valence-corrected chi connectivity index (χ3v) is 6.46. The summed E-state index contributed by atoms with van der Waals surface area (Å²) in [6, 6.07) is 12.9. The maximum absolute atomic E-state index is 13.1. The van der Waals surface area contributed by atoms with Gasteiger partial charge in [0.2, 0.25) is 0 Å². The summed E-state index contributed by atoms with van der Waals surface area (Å²) in [5.41, 5.74) is 1.39. The summed E-state index contributed by atoms with van der Waals surface area (Å²) < 4.78 is 4.99. The van der Waals surface area contributed by atoms with Gasteiger partial charge < -0.3 is 15.0 Å². The summed E-state index contributed by atoms with van der Waals surface area (Å²) in [5, 5.41) is 2.64. The van der Waals surface area contributed by atoms with Gasteiger partial charge >= 0.3 is 5.97 Å². The number of carbonyl (C=O) groups is 4. The molecular formula is C26H26ClN3O5. The molecule has 1 unspecified atom stereocenters. The van der Waals surface area contributed by atoms with Gasteiger partial charge in [-0.05, 0) is 75.6 Å². The number of esters is 1. The number of imide groups is 1. The van der Waals surface area contributed by atoms with Crippen molar-refractivity contribution < 1.29 is 23.9 Å². The maximum atomic E-state index is 13.1. The van der Waals surface area contributed by atoms with E-state index >= 15 is 0 Å². The van der Waals surface area contributed by atoms with E-state index in [4.69, 9.17) is 16.3 Å². The van der Waals surface area contributed by atoms with E-state index in [1.165, 1.54) is 18.2 Å². The molecule has 1 saturated heterocycles. The van der Waals surface area contributed by atoms with Crippen molar-refractivity contribution in [2.24, 2.45) is 0 Å². The second kappa shape index (κ2) is 10.3. The minimum atomic E-state index is -0.703. The van der Waals surface area contributed by atoms with Crippen molar-refractivity contribution in [3.63, 3.8) is 0 Å². The SMILES string of the molecule is CCOC(=O)c1cccc(N2C(=O)C(Cl)=C(Nc3ccc(C(=O)N4CCCCC4C)cc3)C2=O)c1. The number of rotatable bonds is 6. The number of piperidine rings is 1. The Morgan fingerprint density at radius 1 is 1.06 bits per heavy atom. The minimum absolute atomic E-state index is 0.0271. The Labute approximate surface area is 208 Å². The van der Waals surface area contributed by atoms with E-state index in [1.807, 2.05) is 4.90 Å². The molecular weight excluding hydrogens is 470 g/mol. The zero-order valence-corrected chi connectivity index (χ0v) is 20.3. The van der Waals surface area contributed by atoms with E-state index in [2.05, 4.69) is 12.2 Å². The number of benzene rings is 2. The summed E-state index contributed by atoms with van der Waals surface area (Å²) in [7, 11) is 0. The first-order chi connectivity index (χ1) is 16.8. The van der Waals surface area contributed by atoms with Crippen molar-refractivity contribution in [1.29, 1.82) is 0 Å². The Morgan fingerprint density at radius 3 is 2.49 bits per heavy atom. The van der Waals surface area contributed by atoms with Gasteiger partial charge in [0.05, 0.1) is 17.9 Å². The van der Waals surface area contributed by atoms with Crippen molar-refractivity contribution in [2.75, 3.05) is 23.4 Å². The molecule has 2 aliphatic heterocycles. The summed E-state index contributed by atoms with van der Waals surface area (Å²) in [5.74, 6) is -1.94. The number of anilines is 2. The summed E-state index contributed by atoms with van der Waals surface area (Å²) in [6.07, 6.45) is 3.12. The topological polar surface area (TPSA) is 96.0 Å². The number of nitrogens with zero attached hydrogens (tertiary/aromatic N) is 2. The first kappa shape index (κ1) is 24.5. The lowest BCUT2D eigenvalue weighted by molar-refractivity contribution is -0.120. The van der Waals surface area contributed by atoms with Crippen LogP contribution in [0.2, 0.25) is 0 Å². The van der Waals surface area contributed by atoms with E-state index in [9.17, 15) is 19.2 Å². The van der Waals surface area contributed by atoms with Crippen LogP contribution in [0.3, 0.4) is 0 Å². The minimum Gasteiger partial charge on any atom is -0.462 e. The van der Waals surface area contributed by atoms with Crippen LogP contribution in [0.25, 0.3) is 0 Å². The number of hydrogen-bond donors (Lipinski definition) is 1. The molecule has 0 radical (unpaired) electrons.